The quantitative estimate of drug-likeness (QED) is 0.327. The summed E-state index contributed by atoms with van der Waals surface area (Å²) < 4.78 is 0. The molecule has 0 spiro atoms. The van der Waals surface area contributed by atoms with Gasteiger partial charge in [-0.05, 0) is 73.9 Å². The van der Waals surface area contributed by atoms with Crippen LogP contribution < -0.4 is 0 Å². The van der Waals surface area contributed by atoms with Crippen LogP contribution in [0.3, 0.4) is 0 Å². The Hall–Kier alpha value is -1.49. The van der Waals surface area contributed by atoms with Gasteiger partial charge in [-0.2, -0.15) is 0 Å². The molecule has 174 valence electrons. The van der Waals surface area contributed by atoms with Crippen molar-refractivity contribution in [3.05, 3.63) is 71.3 Å². The lowest BCUT2D eigenvalue weighted by Crippen LogP contribution is -2.18. The fourth-order valence-electron chi connectivity index (χ4n) is 3.52. The number of carbonyl (C=O) groups is 1. The first-order chi connectivity index (χ1) is 14.9. The maximum atomic E-state index is 10.2. The van der Waals surface area contributed by atoms with Gasteiger partial charge >= 0.3 is 0 Å². The molecule has 0 aliphatic heterocycles. The summed E-state index contributed by atoms with van der Waals surface area (Å²) in [5.74, 6) is 1.81. The number of aldehydes is 1. The van der Waals surface area contributed by atoms with E-state index in [9.17, 15) is 9.90 Å². The Morgan fingerprint density at radius 2 is 1.52 bits per heavy atom. The van der Waals surface area contributed by atoms with Gasteiger partial charge in [-0.3, -0.25) is 0 Å². The lowest BCUT2D eigenvalue weighted by atomic mass is 9.90. The van der Waals surface area contributed by atoms with Crippen molar-refractivity contribution >= 4 is 22.2 Å². The summed E-state index contributed by atoms with van der Waals surface area (Å²) in [6.07, 6.45) is 8.80. The second kappa shape index (κ2) is 16.2. The smallest absolute Gasteiger partial charge is 0.120 e. The molecular formula is C27H41BrO3. The van der Waals surface area contributed by atoms with Crippen molar-refractivity contribution in [2.75, 3.05) is 12.9 Å². The van der Waals surface area contributed by atoms with E-state index in [0.717, 1.165) is 44.6 Å². The minimum Gasteiger partial charge on any atom is -0.400 e. The molecule has 0 heterocycles. The second-order valence-corrected chi connectivity index (χ2v) is 8.28. The number of aliphatic hydroxyl groups is 2. The Kier molecular flexibility index (Phi) is 15.4. The number of hydrogen-bond acceptors (Lipinski definition) is 3. The fraction of sp³-hybridized carbons (Fsp3) is 0.519. The maximum absolute atomic E-state index is 10.2. The van der Waals surface area contributed by atoms with Gasteiger partial charge in [0, 0.05) is 13.5 Å². The lowest BCUT2D eigenvalue weighted by molar-refractivity contribution is -0.108. The molecule has 0 bridgehead atoms. The molecule has 3 rings (SSSR count). The van der Waals surface area contributed by atoms with Gasteiger partial charge in [0.2, 0.25) is 0 Å². The van der Waals surface area contributed by atoms with E-state index < -0.39 is 5.60 Å². The van der Waals surface area contributed by atoms with Crippen LogP contribution in [0.5, 0.6) is 0 Å². The molecule has 2 aromatic carbocycles. The molecule has 0 atom stereocenters. The SMILES string of the molecule is CBr.CC(C)(O)c1ccccc1CCCc1ccccc1.CCC1(CC=O)CC1.CO. The Balaban J connectivity index is 0.000000625. The first-order valence-corrected chi connectivity index (χ1v) is 12.6. The summed E-state index contributed by atoms with van der Waals surface area (Å²) in [6, 6.07) is 18.7. The number of aliphatic hydroxyl groups excluding tert-OH is 1. The molecule has 2 aromatic rings. The van der Waals surface area contributed by atoms with E-state index in [4.69, 9.17) is 5.11 Å². The standard InChI is InChI=1S/C18H22O.C7H12O.CH3Br.CH4O/c1-18(2,19)17-14-7-6-12-16(17)13-8-11-15-9-4-3-5-10-15;1-2-7(3-4-7)5-6-8;2*1-2/h3-7,9-10,12,14,19H,8,11,13H2,1-2H3;6H,2-5H2,1H3;1H3;2H,1H3. The molecule has 2 N–H and O–H groups in total. The average molecular weight is 494 g/mol. The monoisotopic (exact) mass is 492 g/mol. The zero-order valence-corrected chi connectivity index (χ0v) is 21.5. The summed E-state index contributed by atoms with van der Waals surface area (Å²) in [6.45, 7) is 5.86. The molecule has 1 aliphatic carbocycles. The number of benzene rings is 2. The van der Waals surface area contributed by atoms with Crippen LogP contribution in [-0.2, 0) is 23.2 Å². The van der Waals surface area contributed by atoms with Crippen molar-refractivity contribution in [1.29, 1.82) is 0 Å². The van der Waals surface area contributed by atoms with E-state index in [2.05, 4.69) is 53.2 Å². The van der Waals surface area contributed by atoms with Gasteiger partial charge in [-0.1, -0.05) is 83.9 Å². The summed E-state index contributed by atoms with van der Waals surface area (Å²) >= 11 is 2.94. The number of carbonyl (C=O) groups excluding carboxylic acids is 1. The van der Waals surface area contributed by atoms with E-state index in [1.54, 1.807) is 0 Å². The molecule has 4 heteroatoms. The zero-order chi connectivity index (χ0) is 23.8. The number of halogens is 1. The molecule has 0 radical (unpaired) electrons. The number of aryl methyl sites for hydroxylation is 2. The molecular weight excluding hydrogens is 452 g/mol. The molecule has 0 amide bonds. The highest BCUT2D eigenvalue weighted by Crippen LogP contribution is 2.50. The van der Waals surface area contributed by atoms with Gasteiger partial charge in [-0.15, -0.1) is 0 Å². The van der Waals surface area contributed by atoms with Crippen LogP contribution in [0, 0.1) is 5.41 Å². The summed E-state index contributed by atoms with van der Waals surface area (Å²) in [7, 11) is 1.00. The molecule has 31 heavy (non-hydrogen) atoms. The molecule has 1 saturated carbocycles. The van der Waals surface area contributed by atoms with Gasteiger partial charge in [0.15, 0.2) is 0 Å². The van der Waals surface area contributed by atoms with Gasteiger partial charge < -0.3 is 15.0 Å². The second-order valence-electron chi connectivity index (χ2n) is 8.28. The van der Waals surface area contributed by atoms with Crippen LogP contribution in [0.15, 0.2) is 54.6 Å². The van der Waals surface area contributed by atoms with Gasteiger partial charge in [0.25, 0.3) is 0 Å². The van der Waals surface area contributed by atoms with Crippen LogP contribution in [-0.4, -0.2) is 29.4 Å². The van der Waals surface area contributed by atoms with E-state index in [1.807, 2.05) is 43.9 Å². The van der Waals surface area contributed by atoms with Crippen LogP contribution >= 0.6 is 15.9 Å². The highest BCUT2D eigenvalue weighted by molar-refractivity contribution is 9.08. The van der Waals surface area contributed by atoms with Gasteiger partial charge in [-0.25, -0.2) is 0 Å². The zero-order valence-electron chi connectivity index (χ0n) is 19.9. The highest BCUT2D eigenvalue weighted by Gasteiger charge is 2.39. The molecule has 3 nitrogen and oxygen atoms in total. The third-order valence-electron chi connectivity index (χ3n) is 5.65. The number of hydrogen-bond donors (Lipinski definition) is 2. The van der Waals surface area contributed by atoms with E-state index >= 15 is 0 Å². The van der Waals surface area contributed by atoms with Crippen LogP contribution in [0.2, 0.25) is 0 Å². The van der Waals surface area contributed by atoms with Crippen molar-refractivity contribution < 1.29 is 15.0 Å². The third kappa shape index (κ3) is 11.6. The minimum absolute atomic E-state index is 0.474. The highest BCUT2D eigenvalue weighted by atomic mass is 79.9. The Morgan fingerprint density at radius 1 is 0.968 bits per heavy atom. The van der Waals surface area contributed by atoms with Crippen molar-refractivity contribution in [3.63, 3.8) is 0 Å². The van der Waals surface area contributed by atoms with Crippen molar-refractivity contribution in [3.8, 4) is 0 Å². The molecule has 1 aliphatic rings. The molecule has 0 aromatic heterocycles. The lowest BCUT2D eigenvalue weighted by Gasteiger charge is -2.21. The molecule has 1 fully saturated rings. The third-order valence-corrected chi connectivity index (χ3v) is 5.65. The largest absolute Gasteiger partial charge is 0.400 e. The topological polar surface area (TPSA) is 57.5 Å². The van der Waals surface area contributed by atoms with Crippen LogP contribution in [0.1, 0.15) is 69.6 Å². The average Bonchev–Trinajstić information content (AvgIpc) is 3.58. The predicted molar refractivity (Wildman–Crippen MR) is 136 cm³/mol. The predicted octanol–water partition coefficient (Wildman–Crippen LogP) is 6.47. The maximum Gasteiger partial charge on any atom is 0.120 e. The van der Waals surface area contributed by atoms with Crippen molar-refractivity contribution in [2.45, 2.75) is 71.3 Å². The van der Waals surface area contributed by atoms with E-state index in [1.165, 1.54) is 30.4 Å². The van der Waals surface area contributed by atoms with Gasteiger partial charge in [0.05, 0.1) is 5.60 Å². The Bertz CT molecular complexity index is 704. The van der Waals surface area contributed by atoms with Crippen LogP contribution in [0.4, 0.5) is 0 Å². The fourth-order valence-corrected chi connectivity index (χ4v) is 3.52. The first-order valence-electron chi connectivity index (χ1n) is 11.0. The Morgan fingerprint density at radius 3 is 1.97 bits per heavy atom. The van der Waals surface area contributed by atoms with Crippen LogP contribution in [0.25, 0.3) is 0 Å². The first kappa shape index (κ1) is 29.5. The van der Waals surface area contributed by atoms with Crippen molar-refractivity contribution in [1.82, 2.24) is 0 Å². The van der Waals surface area contributed by atoms with E-state index in [0.29, 0.717) is 5.41 Å². The van der Waals surface area contributed by atoms with E-state index in [-0.39, 0.29) is 0 Å². The number of alkyl halides is 1. The summed E-state index contributed by atoms with van der Waals surface area (Å²) in [5, 5.41) is 17.2. The summed E-state index contributed by atoms with van der Waals surface area (Å²) in [4.78, 5) is 10.0. The Labute approximate surface area is 198 Å². The number of rotatable bonds is 8. The molecule has 0 unspecified atom stereocenters. The summed E-state index contributed by atoms with van der Waals surface area (Å²) in [5.41, 5.74) is 3.39. The van der Waals surface area contributed by atoms with Crippen molar-refractivity contribution in [2.24, 2.45) is 5.41 Å². The van der Waals surface area contributed by atoms with Gasteiger partial charge in [0.1, 0.15) is 6.29 Å². The molecule has 0 saturated heterocycles. The minimum atomic E-state index is -0.761. The normalized spacial score (nSPS) is 13.3.